The molecule has 4 rings (SSSR count). The predicted octanol–water partition coefficient (Wildman–Crippen LogP) is 2.44. The first kappa shape index (κ1) is 16.2. The van der Waals surface area contributed by atoms with Gasteiger partial charge in [-0.05, 0) is 24.1 Å². The number of halogens is 1. The second kappa shape index (κ2) is 5.91. The number of hydrogen-bond acceptors (Lipinski definition) is 5. The third kappa shape index (κ3) is 2.82. The van der Waals surface area contributed by atoms with E-state index < -0.39 is 5.97 Å². The second-order valence-electron chi connectivity index (χ2n) is 7.32. The Kier molecular flexibility index (Phi) is 3.83. The van der Waals surface area contributed by atoms with Gasteiger partial charge in [0.15, 0.2) is 5.69 Å². The number of carbonyl (C=O) groups excluding carboxylic acids is 1. The fourth-order valence-corrected chi connectivity index (χ4v) is 3.98. The largest absolute Gasteiger partial charge is 0.456 e. The molecule has 2 aromatic rings. The molecule has 1 aromatic carbocycles. The zero-order valence-electron chi connectivity index (χ0n) is 14.2. The summed E-state index contributed by atoms with van der Waals surface area (Å²) in [6, 6.07) is 6.24. The topological polar surface area (TPSA) is 66.2 Å². The number of benzene rings is 1. The second-order valence-corrected chi connectivity index (χ2v) is 7.32. The molecule has 6 nitrogen and oxygen atoms in total. The molecule has 1 aliphatic heterocycles. The van der Waals surface area contributed by atoms with Crippen LogP contribution in [-0.4, -0.2) is 39.8 Å². The van der Waals surface area contributed by atoms with Crippen molar-refractivity contribution in [3.05, 3.63) is 47.5 Å². The van der Waals surface area contributed by atoms with Crippen molar-refractivity contribution < 1.29 is 18.7 Å². The number of rotatable bonds is 4. The molecule has 0 bridgehead atoms. The monoisotopic (exact) mass is 345 g/mol. The van der Waals surface area contributed by atoms with E-state index in [2.05, 4.69) is 24.2 Å². The van der Waals surface area contributed by atoms with Gasteiger partial charge in [-0.2, -0.15) is 0 Å². The van der Waals surface area contributed by atoms with Gasteiger partial charge in [-0.25, -0.2) is 13.9 Å². The Balaban J connectivity index is 1.42. The van der Waals surface area contributed by atoms with Crippen molar-refractivity contribution in [2.75, 3.05) is 6.61 Å². The minimum Gasteiger partial charge on any atom is -0.456 e. The summed E-state index contributed by atoms with van der Waals surface area (Å²) in [5, 5.41) is 7.83. The highest BCUT2D eigenvalue weighted by molar-refractivity contribution is 5.87. The maximum absolute atomic E-state index is 13.2. The minimum absolute atomic E-state index is 0.161. The van der Waals surface area contributed by atoms with E-state index in [1.807, 2.05) is 0 Å². The van der Waals surface area contributed by atoms with Gasteiger partial charge in [0, 0.05) is 17.9 Å². The van der Waals surface area contributed by atoms with E-state index in [-0.39, 0.29) is 35.1 Å². The van der Waals surface area contributed by atoms with Gasteiger partial charge in [0.1, 0.15) is 11.9 Å². The van der Waals surface area contributed by atoms with Gasteiger partial charge >= 0.3 is 5.97 Å². The SMILES string of the molecule is CC1(C)[C@@H]2OCC[C@H]2[C@@H]1OC(=O)c1cn(Cc2cccc(F)c2)nn1. The van der Waals surface area contributed by atoms with Gasteiger partial charge in [0.25, 0.3) is 0 Å². The standard InChI is InChI=1S/C18H20FN3O3/c1-18(2)15-13(6-7-24-15)16(18)25-17(23)14-10-22(21-20-14)9-11-4-3-5-12(19)8-11/h3-5,8,10,13,15-16H,6-7,9H2,1-2H3/t13-,15-,16+/m1/s1. The van der Waals surface area contributed by atoms with E-state index in [4.69, 9.17) is 9.47 Å². The van der Waals surface area contributed by atoms with Crippen LogP contribution in [0.5, 0.6) is 0 Å². The maximum Gasteiger partial charge on any atom is 0.360 e. The number of esters is 1. The Hall–Kier alpha value is -2.28. The van der Waals surface area contributed by atoms with E-state index in [0.717, 1.165) is 18.6 Å². The van der Waals surface area contributed by atoms with Crippen molar-refractivity contribution in [1.29, 1.82) is 0 Å². The summed E-state index contributed by atoms with van der Waals surface area (Å²) in [6.45, 7) is 5.17. The van der Waals surface area contributed by atoms with Crippen LogP contribution < -0.4 is 0 Å². The van der Waals surface area contributed by atoms with Gasteiger partial charge in [0.2, 0.25) is 0 Å². The molecule has 2 aliphatic rings. The van der Waals surface area contributed by atoms with Crippen molar-refractivity contribution in [2.45, 2.75) is 39.0 Å². The first-order valence-corrected chi connectivity index (χ1v) is 8.42. The molecule has 2 heterocycles. The first-order chi connectivity index (χ1) is 11.9. The van der Waals surface area contributed by atoms with E-state index in [9.17, 15) is 9.18 Å². The van der Waals surface area contributed by atoms with Gasteiger partial charge < -0.3 is 9.47 Å². The summed E-state index contributed by atoms with van der Waals surface area (Å²) in [7, 11) is 0. The quantitative estimate of drug-likeness (QED) is 0.796. The van der Waals surface area contributed by atoms with Crippen LogP contribution in [0, 0.1) is 17.2 Å². The molecule has 7 heteroatoms. The van der Waals surface area contributed by atoms with Crippen molar-refractivity contribution in [3.8, 4) is 0 Å². The zero-order chi connectivity index (χ0) is 17.6. The highest BCUT2D eigenvalue weighted by Gasteiger charge is 2.61. The molecular weight excluding hydrogens is 325 g/mol. The van der Waals surface area contributed by atoms with Crippen LogP contribution >= 0.6 is 0 Å². The fraction of sp³-hybridized carbons (Fsp3) is 0.500. The molecule has 1 aromatic heterocycles. The maximum atomic E-state index is 13.2. The lowest BCUT2D eigenvalue weighted by atomic mass is 9.59. The number of fused-ring (bicyclic) bond motifs is 1. The molecule has 1 saturated carbocycles. The summed E-state index contributed by atoms with van der Waals surface area (Å²) in [5.41, 5.74) is 0.722. The molecule has 25 heavy (non-hydrogen) atoms. The molecule has 2 fully saturated rings. The highest BCUT2D eigenvalue weighted by Crippen LogP contribution is 2.53. The lowest BCUT2D eigenvalue weighted by Crippen LogP contribution is -2.61. The van der Waals surface area contributed by atoms with Gasteiger partial charge in [-0.1, -0.05) is 31.2 Å². The molecule has 0 spiro atoms. The van der Waals surface area contributed by atoms with Gasteiger partial charge in [0.05, 0.1) is 18.8 Å². The molecule has 0 unspecified atom stereocenters. The average Bonchev–Trinajstić information content (AvgIpc) is 3.20. The molecule has 0 N–H and O–H groups in total. The predicted molar refractivity (Wildman–Crippen MR) is 86.4 cm³/mol. The van der Waals surface area contributed by atoms with Gasteiger partial charge in [-0.15, -0.1) is 5.10 Å². The van der Waals surface area contributed by atoms with E-state index >= 15 is 0 Å². The number of carbonyl (C=O) groups is 1. The Morgan fingerprint density at radius 2 is 2.32 bits per heavy atom. The fourth-order valence-electron chi connectivity index (χ4n) is 3.98. The Morgan fingerprint density at radius 3 is 3.12 bits per heavy atom. The smallest absolute Gasteiger partial charge is 0.360 e. The Morgan fingerprint density at radius 1 is 1.48 bits per heavy atom. The van der Waals surface area contributed by atoms with Crippen molar-refractivity contribution in [3.63, 3.8) is 0 Å². The molecule has 132 valence electrons. The summed E-state index contributed by atoms with van der Waals surface area (Å²) >= 11 is 0. The van der Waals surface area contributed by atoms with Crippen LogP contribution in [0.15, 0.2) is 30.5 Å². The van der Waals surface area contributed by atoms with Crippen LogP contribution in [0.3, 0.4) is 0 Å². The molecule has 0 radical (unpaired) electrons. The number of nitrogens with zero attached hydrogens (tertiary/aromatic N) is 3. The number of aromatic nitrogens is 3. The summed E-state index contributed by atoms with van der Waals surface area (Å²) in [4.78, 5) is 12.4. The third-order valence-electron chi connectivity index (χ3n) is 5.21. The Labute approximate surface area is 144 Å². The van der Waals surface area contributed by atoms with Gasteiger partial charge in [-0.3, -0.25) is 0 Å². The summed E-state index contributed by atoms with van der Waals surface area (Å²) in [5.74, 6) is -0.520. The van der Waals surface area contributed by atoms with Crippen LogP contribution in [0.4, 0.5) is 4.39 Å². The first-order valence-electron chi connectivity index (χ1n) is 8.42. The van der Waals surface area contributed by atoms with Crippen molar-refractivity contribution in [1.82, 2.24) is 15.0 Å². The third-order valence-corrected chi connectivity index (χ3v) is 5.21. The lowest BCUT2D eigenvalue weighted by Gasteiger charge is -2.52. The van der Waals surface area contributed by atoms with Crippen molar-refractivity contribution >= 4 is 5.97 Å². The molecule has 1 aliphatic carbocycles. The van der Waals surface area contributed by atoms with Crippen molar-refractivity contribution in [2.24, 2.45) is 11.3 Å². The molecule has 1 saturated heterocycles. The molecular formula is C18H20FN3O3. The van der Waals surface area contributed by atoms with E-state index in [1.54, 1.807) is 12.1 Å². The van der Waals surface area contributed by atoms with Crippen LogP contribution in [0.1, 0.15) is 36.3 Å². The number of hydrogen-bond donors (Lipinski definition) is 0. The van der Waals surface area contributed by atoms with E-state index in [0.29, 0.717) is 6.54 Å². The molecule has 3 atom stereocenters. The number of ether oxygens (including phenoxy) is 2. The zero-order valence-corrected chi connectivity index (χ0v) is 14.2. The average molecular weight is 345 g/mol. The van der Waals surface area contributed by atoms with Crippen LogP contribution in [0.25, 0.3) is 0 Å². The summed E-state index contributed by atoms with van der Waals surface area (Å²) < 4.78 is 26.1. The van der Waals surface area contributed by atoms with Crippen LogP contribution in [-0.2, 0) is 16.0 Å². The molecule has 0 amide bonds. The van der Waals surface area contributed by atoms with Crippen LogP contribution in [0.2, 0.25) is 0 Å². The minimum atomic E-state index is -0.478. The normalized spacial score (nSPS) is 26.8. The van der Waals surface area contributed by atoms with E-state index in [1.165, 1.54) is 23.0 Å². The lowest BCUT2D eigenvalue weighted by molar-refractivity contribution is -0.183. The highest BCUT2D eigenvalue weighted by atomic mass is 19.1. The Bertz CT molecular complexity index is 804. The summed E-state index contributed by atoms with van der Waals surface area (Å²) in [6.07, 6.45) is 2.44.